The third kappa shape index (κ3) is 4.94. The van der Waals surface area contributed by atoms with Crippen LogP contribution in [0.1, 0.15) is 45.1 Å². The molecule has 8 heteroatoms. The van der Waals surface area contributed by atoms with Crippen LogP contribution < -0.4 is 20.9 Å². The van der Waals surface area contributed by atoms with E-state index in [1.807, 2.05) is 43.9 Å². The topological polar surface area (TPSA) is 108 Å². The van der Waals surface area contributed by atoms with Crippen molar-refractivity contribution in [1.82, 2.24) is 5.32 Å². The quantitative estimate of drug-likeness (QED) is 0.556. The summed E-state index contributed by atoms with van der Waals surface area (Å²) in [5.74, 6) is 0.249. The van der Waals surface area contributed by atoms with Gasteiger partial charge in [0, 0.05) is 38.0 Å². The first-order chi connectivity index (χ1) is 14.4. The monoisotopic (exact) mass is 418 g/mol. The van der Waals surface area contributed by atoms with E-state index < -0.39 is 6.09 Å². The van der Waals surface area contributed by atoms with Gasteiger partial charge >= 0.3 is 6.09 Å². The number of nitrogens with two attached hydrogens (primary N) is 1. The maximum absolute atomic E-state index is 13.0. The van der Waals surface area contributed by atoms with Crippen molar-refractivity contribution >= 4 is 23.4 Å². The van der Waals surface area contributed by atoms with E-state index in [0.717, 1.165) is 24.1 Å². The molecule has 3 rings (SSSR count). The molecular formula is C22H34N4O4. The summed E-state index contributed by atoms with van der Waals surface area (Å²) >= 11 is 0. The normalized spacial score (nSPS) is 19.6. The smallest absolute Gasteiger partial charge is 0.414 e. The van der Waals surface area contributed by atoms with Gasteiger partial charge in [0.15, 0.2) is 0 Å². The molecular weight excluding hydrogens is 384 g/mol. The summed E-state index contributed by atoms with van der Waals surface area (Å²) in [5, 5.41) is 12.2. The number of amides is 2. The molecule has 2 amide bonds. The number of nitrogens with one attached hydrogen (secondary N) is 1. The molecule has 2 aliphatic rings. The number of carbonyl (C=O) groups is 2. The number of ether oxygens (including phenoxy) is 1. The summed E-state index contributed by atoms with van der Waals surface area (Å²) in [7, 11) is 0. The first-order valence-electron chi connectivity index (χ1n) is 10.8. The van der Waals surface area contributed by atoms with E-state index in [4.69, 9.17) is 15.6 Å². The van der Waals surface area contributed by atoms with Crippen molar-refractivity contribution < 1.29 is 19.4 Å². The second-order valence-corrected chi connectivity index (χ2v) is 8.48. The van der Waals surface area contributed by atoms with Crippen molar-refractivity contribution in [3.63, 3.8) is 0 Å². The Hall–Kier alpha value is -2.16. The molecule has 0 bridgehead atoms. The number of hydrogen-bond acceptors (Lipinski definition) is 6. The minimum absolute atomic E-state index is 0.0248. The number of aliphatic hydroxyl groups excluding tert-OH is 1. The van der Waals surface area contributed by atoms with E-state index in [2.05, 4.69) is 5.32 Å². The Morgan fingerprint density at radius 1 is 1.30 bits per heavy atom. The van der Waals surface area contributed by atoms with Crippen LogP contribution in [0.25, 0.3) is 0 Å². The molecule has 8 nitrogen and oxygen atoms in total. The number of anilines is 2. The number of carbonyl (C=O) groups excluding carboxylic acids is 2. The van der Waals surface area contributed by atoms with Crippen LogP contribution in [0.15, 0.2) is 18.2 Å². The van der Waals surface area contributed by atoms with Crippen LogP contribution in [0, 0.1) is 5.92 Å². The maximum Gasteiger partial charge on any atom is 0.414 e. The molecule has 0 aromatic heterocycles. The zero-order chi connectivity index (χ0) is 21.8. The van der Waals surface area contributed by atoms with E-state index in [0.29, 0.717) is 31.9 Å². The van der Waals surface area contributed by atoms with Gasteiger partial charge in [-0.15, -0.1) is 0 Å². The van der Waals surface area contributed by atoms with Gasteiger partial charge in [0.05, 0.1) is 30.1 Å². The second-order valence-electron chi connectivity index (χ2n) is 8.48. The molecule has 2 atom stereocenters. The summed E-state index contributed by atoms with van der Waals surface area (Å²) in [4.78, 5) is 29.3. The molecule has 1 saturated carbocycles. The fourth-order valence-corrected chi connectivity index (χ4v) is 3.89. The summed E-state index contributed by atoms with van der Waals surface area (Å²) in [6.45, 7) is 7.60. The molecule has 0 radical (unpaired) electrons. The lowest BCUT2D eigenvalue weighted by Gasteiger charge is -2.41. The Morgan fingerprint density at radius 3 is 2.63 bits per heavy atom. The highest BCUT2D eigenvalue weighted by Crippen LogP contribution is 2.41. The summed E-state index contributed by atoms with van der Waals surface area (Å²) in [5.41, 5.74) is 8.41. The maximum atomic E-state index is 13.0. The van der Waals surface area contributed by atoms with Crippen LogP contribution in [0.3, 0.4) is 0 Å². The Labute approximate surface area is 178 Å². The second kappa shape index (κ2) is 9.76. The first-order valence-corrected chi connectivity index (χ1v) is 10.8. The summed E-state index contributed by atoms with van der Waals surface area (Å²) < 4.78 is 5.48. The van der Waals surface area contributed by atoms with Gasteiger partial charge in [0.1, 0.15) is 0 Å². The fourth-order valence-electron chi connectivity index (χ4n) is 3.89. The predicted octanol–water partition coefficient (Wildman–Crippen LogP) is 1.81. The minimum Gasteiger partial charge on any atom is -0.446 e. The first kappa shape index (κ1) is 22.5. The van der Waals surface area contributed by atoms with Gasteiger partial charge in [0.2, 0.25) is 5.91 Å². The van der Waals surface area contributed by atoms with Crippen LogP contribution in [0.2, 0.25) is 0 Å². The molecule has 1 aromatic carbocycles. The van der Waals surface area contributed by atoms with Crippen molar-refractivity contribution in [3.8, 4) is 0 Å². The summed E-state index contributed by atoms with van der Waals surface area (Å²) in [6, 6.07) is 5.72. The summed E-state index contributed by atoms with van der Waals surface area (Å²) in [6.07, 6.45) is 1.22. The van der Waals surface area contributed by atoms with E-state index >= 15 is 0 Å². The largest absolute Gasteiger partial charge is 0.446 e. The van der Waals surface area contributed by atoms with Gasteiger partial charge in [-0.05, 0) is 51.3 Å². The Morgan fingerprint density at radius 2 is 2.03 bits per heavy atom. The number of benzene rings is 1. The van der Waals surface area contributed by atoms with Crippen LogP contribution in [-0.4, -0.2) is 62.0 Å². The van der Waals surface area contributed by atoms with Gasteiger partial charge in [-0.2, -0.15) is 0 Å². The lowest BCUT2D eigenvalue weighted by atomic mass is 9.96. The fraction of sp³-hybridized carbons (Fsp3) is 0.636. The highest BCUT2D eigenvalue weighted by atomic mass is 16.6. The minimum atomic E-state index is -0.406. The molecule has 0 spiro atoms. The number of fused-ring (bicyclic) bond motifs is 1. The number of rotatable bonds is 8. The van der Waals surface area contributed by atoms with Gasteiger partial charge in [-0.3, -0.25) is 9.69 Å². The van der Waals surface area contributed by atoms with Crippen molar-refractivity contribution in [2.24, 2.45) is 11.7 Å². The molecule has 1 aliphatic carbocycles. The van der Waals surface area contributed by atoms with Gasteiger partial charge < -0.3 is 25.8 Å². The molecule has 0 saturated heterocycles. The van der Waals surface area contributed by atoms with E-state index in [1.165, 1.54) is 0 Å². The molecule has 1 aliphatic heterocycles. The van der Waals surface area contributed by atoms with Gasteiger partial charge in [-0.25, -0.2) is 4.79 Å². The molecule has 1 unspecified atom stereocenters. The SMILES string of the molecule is CC(C)OC(=O)N1C[C@H](C)N(C(=O)C2CC2)c2ccc(C(CN)CNCCO)cc21. The Bertz CT molecular complexity index is 766. The lowest BCUT2D eigenvalue weighted by molar-refractivity contribution is -0.120. The third-order valence-electron chi connectivity index (χ3n) is 5.59. The van der Waals surface area contributed by atoms with E-state index in [9.17, 15) is 9.59 Å². The highest BCUT2D eigenvalue weighted by Gasteiger charge is 2.41. The van der Waals surface area contributed by atoms with E-state index in [-0.39, 0.29) is 36.5 Å². The van der Waals surface area contributed by atoms with Crippen molar-refractivity contribution in [3.05, 3.63) is 23.8 Å². The van der Waals surface area contributed by atoms with Crippen LogP contribution in [-0.2, 0) is 9.53 Å². The highest BCUT2D eigenvalue weighted by molar-refractivity contribution is 6.04. The number of aliphatic hydroxyl groups is 1. The van der Waals surface area contributed by atoms with Crippen LogP contribution in [0.4, 0.5) is 16.2 Å². The molecule has 4 N–H and O–H groups in total. The van der Waals surface area contributed by atoms with Crippen LogP contribution in [0.5, 0.6) is 0 Å². The molecule has 1 heterocycles. The lowest BCUT2D eigenvalue weighted by Crippen LogP contribution is -2.52. The average Bonchev–Trinajstić information content (AvgIpc) is 3.55. The Balaban J connectivity index is 1.96. The van der Waals surface area contributed by atoms with Crippen molar-refractivity contribution in [1.29, 1.82) is 0 Å². The van der Waals surface area contributed by atoms with E-state index in [1.54, 1.807) is 4.90 Å². The average molecular weight is 419 g/mol. The van der Waals surface area contributed by atoms with Gasteiger partial charge in [-0.1, -0.05) is 6.07 Å². The van der Waals surface area contributed by atoms with Crippen molar-refractivity contribution in [2.75, 3.05) is 42.6 Å². The number of nitrogens with zero attached hydrogens (tertiary/aromatic N) is 2. The zero-order valence-corrected chi connectivity index (χ0v) is 18.1. The third-order valence-corrected chi connectivity index (χ3v) is 5.59. The van der Waals surface area contributed by atoms with Gasteiger partial charge in [0.25, 0.3) is 0 Å². The predicted molar refractivity (Wildman–Crippen MR) is 117 cm³/mol. The standard InChI is InChI=1S/C22H34N4O4/c1-14(2)30-22(29)25-13-15(3)26(21(28)16-4-5-16)19-7-6-17(10-20(19)25)18(11-23)12-24-8-9-27/h6-7,10,14-16,18,24,27H,4-5,8-9,11-13,23H2,1-3H3/t15-,18?/m0/s1. The molecule has 1 aromatic rings. The number of hydrogen-bond donors (Lipinski definition) is 3. The van der Waals surface area contributed by atoms with Crippen molar-refractivity contribution in [2.45, 2.75) is 51.7 Å². The zero-order valence-electron chi connectivity index (χ0n) is 18.1. The molecule has 166 valence electrons. The molecule has 1 fully saturated rings. The molecule has 30 heavy (non-hydrogen) atoms. The van der Waals surface area contributed by atoms with Crippen LogP contribution >= 0.6 is 0 Å². The Kier molecular flexibility index (Phi) is 7.33.